The number of carbonyl (C=O) groups is 1. The highest BCUT2D eigenvalue weighted by Gasteiger charge is 2.13. The molecular formula is C18H17N5O4. The van der Waals surface area contributed by atoms with Gasteiger partial charge in [0.2, 0.25) is 5.88 Å². The molecule has 2 heterocycles. The van der Waals surface area contributed by atoms with E-state index in [1.54, 1.807) is 0 Å². The third kappa shape index (κ3) is 4.09. The summed E-state index contributed by atoms with van der Waals surface area (Å²) in [6.45, 7) is 0.294. The first kappa shape index (κ1) is 18.1. The van der Waals surface area contributed by atoms with Crippen LogP contribution in [0.25, 0.3) is 0 Å². The Morgan fingerprint density at radius 3 is 2.56 bits per heavy atom. The lowest BCUT2D eigenvalue weighted by Crippen LogP contribution is -2.38. The van der Waals surface area contributed by atoms with Crippen molar-refractivity contribution in [2.45, 2.75) is 6.61 Å². The third-order valence-electron chi connectivity index (χ3n) is 3.87. The van der Waals surface area contributed by atoms with Gasteiger partial charge in [-0.3, -0.25) is 18.7 Å². The summed E-state index contributed by atoms with van der Waals surface area (Å²) in [5, 5.41) is 2.50. The van der Waals surface area contributed by atoms with Crippen LogP contribution in [0.1, 0.15) is 16.1 Å². The number of hydrogen-bond donors (Lipinski definition) is 1. The summed E-state index contributed by atoms with van der Waals surface area (Å²) in [4.78, 5) is 44.0. The zero-order valence-corrected chi connectivity index (χ0v) is 14.7. The molecule has 0 radical (unpaired) electrons. The molecule has 3 aromatic rings. The normalized spacial score (nSPS) is 10.4. The van der Waals surface area contributed by atoms with Crippen LogP contribution in [0.4, 0.5) is 5.82 Å². The highest BCUT2D eigenvalue weighted by atomic mass is 16.5. The van der Waals surface area contributed by atoms with Gasteiger partial charge < -0.3 is 10.1 Å². The molecule has 1 aromatic carbocycles. The largest absolute Gasteiger partial charge is 0.473 e. The molecule has 0 spiro atoms. The standard InChI is InChI=1S/C18H17N5O4/c1-22-14(9-16(24)23(2)18(22)26)21-17(25)13-8-15(20-11-19-13)27-10-12-6-4-3-5-7-12/h3-9,11H,10H2,1-2H3,(H,21,25). The van der Waals surface area contributed by atoms with Gasteiger partial charge in [0, 0.05) is 26.2 Å². The quantitative estimate of drug-likeness (QED) is 0.711. The second-order valence-electron chi connectivity index (χ2n) is 5.74. The Balaban J connectivity index is 1.76. The van der Waals surface area contributed by atoms with Gasteiger partial charge in [-0.2, -0.15) is 0 Å². The van der Waals surface area contributed by atoms with Crippen LogP contribution < -0.4 is 21.3 Å². The smallest absolute Gasteiger partial charge is 0.332 e. The molecule has 0 aliphatic heterocycles. The van der Waals surface area contributed by atoms with Gasteiger partial charge in [0.25, 0.3) is 11.5 Å². The van der Waals surface area contributed by atoms with Crippen molar-refractivity contribution in [2.24, 2.45) is 14.1 Å². The van der Waals surface area contributed by atoms with Gasteiger partial charge in [0.15, 0.2) is 0 Å². The molecule has 0 aliphatic carbocycles. The molecule has 9 heteroatoms. The summed E-state index contributed by atoms with van der Waals surface area (Å²) < 4.78 is 7.67. The molecule has 0 unspecified atom stereocenters. The fraction of sp³-hybridized carbons (Fsp3) is 0.167. The Morgan fingerprint density at radius 1 is 1.07 bits per heavy atom. The summed E-state index contributed by atoms with van der Waals surface area (Å²) in [6.07, 6.45) is 1.21. The van der Waals surface area contributed by atoms with Crippen molar-refractivity contribution in [3.8, 4) is 5.88 Å². The Labute approximate surface area is 153 Å². The van der Waals surface area contributed by atoms with Crippen LogP contribution in [0.3, 0.4) is 0 Å². The molecule has 0 saturated carbocycles. The van der Waals surface area contributed by atoms with Crippen LogP contribution in [0.2, 0.25) is 0 Å². The maximum atomic E-state index is 12.4. The number of rotatable bonds is 5. The van der Waals surface area contributed by atoms with E-state index in [-0.39, 0.29) is 17.4 Å². The van der Waals surface area contributed by atoms with Crippen molar-refractivity contribution in [3.63, 3.8) is 0 Å². The summed E-state index contributed by atoms with van der Waals surface area (Å²) in [7, 11) is 2.81. The van der Waals surface area contributed by atoms with Gasteiger partial charge in [-0.1, -0.05) is 30.3 Å². The van der Waals surface area contributed by atoms with Crippen LogP contribution >= 0.6 is 0 Å². The molecule has 0 bridgehead atoms. The summed E-state index contributed by atoms with van der Waals surface area (Å²) in [6, 6.07) is 12.1. The van der Waals surface area contributed by atoms with Crippen molar-refractivity contribution in [1.82, 2.24) is 19.1 Å². The number of nitrogens with zero attached hydrogens (tertiary/aromatic N) is 4. The number of benzene rings is 1. The van der Waals surface area contributed by atoms with E-state index in [4.69, 9.17) is 4.74 Å². The van der Waals surface area contributed by atoms with E-state index < -0.39 is 17.2 Å². The topological polar surface area (TPSA) is 108 Å². The molecule has 2 aromatic heterocycles. The maximum absolute atomic E-state index is 12.4. The SMILES string of the molecule is Cn1c(NC(=O)c2cc(OCc3ccccc3)ncn2)cc(=O)n(C)c1=O. The molecule has 3 rings (SSSR count). The average Bonchev–Trinajstić information content (AvgIpc) is 2.70. The lowest BCUT2D eigenvalue weighted by molar-refractivity contribution is 0.102. The van der Waals surface area contributed by atoms with Gasteiger partial charge >= 0.3 is 5.69 Å². The zero-order valence-electron chi connectivity index (χ0n) is 14.7. The van der Waals surface area contributed by atoms with E-state index in [1.807, 2.05) is 30.3 Å². The van der Waals surface area contributed by atoms with Crippen LogP contribution in [0, 0.1) is 0 Å². The molecule has 138 valence electrons. The second-order valence-corrected chi connectivity index (χ2v) is 5.74. The van der Waals surface area contributed by atoms with Crippen molar-refractivity contribution in [1.29, 1.82) is 0 Å². The molecule has 0 atom stereocenters. The van der Waals surface area contributed by atoms with Gasteiger partial charge in [-0.25, -0.2) is 14.8 Å². The van der Waals surface area contributed by atoms with Crippen molar-refractivity contribution < 1.29 is 9.53 Å². The van der Waals surface area contributed by atoms with E-state index in [9.17, 15) is 14.4 Å². The minimum atomic E-state index is -0.592. The lowest BCUT2D eigenvalue weighted by atomic mass is 10.2. The highest BCUT2D eigenvalue weighted by Crippen LogP contribution is 2.11. The second kappa shape index (κ2) is 7.65. The van der Waals surface area contributed by atoms with Crippen LogP contribution in [0.5, 0.6) is 5.88 Å². The van der Waals surface area contributed by atoms with E-state index >= 15 is 0 Å². The minimum Gasteiger partial charge on any atom is -0.473 e. The number of ether oxygens (including phenoxy) is 1. The zero-order chi connectivity index (χ0) is 19.4. The van der Waals surface area contributed by atoms with E-state index in [1.165, 1.54) is 26.5 Å². The van der Waals surface area contributed by atoms with Crippen molar-refractivity contribution >= 4 is 11.7 Å². The number of hydrogen-bond acceptors (Lipinski definition) is 6. The first-order valence-corrected chi connectivity index (χ1v) is 8.03. The Kier molecular flexibility index (Phi) is 5.11. The molecule has 1 amide bonds. The monoisotopic (exact) mass is 367 g/mol. The van der Waals surface area contributed by atoms with E-state index in [0.717, 1.165) is 20.8 Å². The van der Waals surface area contributed by atoms with Gasteiger partial charge in [0.1, 0.15) is 24.4 Å². The number of nitrogens with one attached hydrogen (secondary N) is 1. The predicted octanol–water partition coefficient (Wildman–Crippen LogP) is 0.705. The molecule has 1 N–H and O–H groups in total. The lowest BCUT2D eigenvalue weighted by Gasteiger charge is -2.11. The fourth-order valence-electron chi connectivity index (χ4n) is 2.31. The molecule has 0 aliphatic rings. The highest BCUT2D eigenvalue weighted by molar-refractivity contribution is 6.02. The number of carbonyl (C=O) groups excluding carboxylic acids is 1. The van der Waals surface area contributed by atoms with E-state index in [2.05, 4.69) is 15.3 Å². The summed E-state index contributed by atoms with van der Waals surface area (Å²) >= 11 is 0. The van der Waals surface area contributed by atoms with Crippen LogP contribution in [-0.4, -0.2) is 25.0 Å². The first-order valence-electron chi connectivity index (χ1n) is 8.03. The van der Waals surface area contributed by atoms with Crippen molar-refractivity contribution in [2.75, 3.05) is 5.32 Å². The molecular weight excluding hydrogens is 350 g/mol. The number of anilines is 1. The number of amides is 1. The van der Waals surface area contributed by atoms with E-state index in [0.29, 0.717) is 6.61 Å². The fourth-order valence-corrected chi connectivity index (χ4v) is 2.31. The number of aromatic nitrogens is 4. The summed E-state index contributed by atoms with van der Waals surface area (Å²) in [5.41, 5.74) is -0.0752. The van der Waals surface area contributed by atoms with Gasteiger partial charge in [-0.15, -0.1) is 0 Å². The maximum Gasteiger partial charge on any atom is 0.332 e. The third-order valence-corrected chi connectivity index (χ3v) is 3.87. The first-order chi connectivity index (χ1) is 13.0. The molecule has 0 fully saturated rings. The Bertz CT molecular complexity index is 1090. The molecule has 27 heavy (non-hydrogen) atoms. The van der Waals surface area contributed by atoms with Crippen LogP contribution in [-0.2, 0) is 20.7 Å². The molecule has 9 nitrogen and oxygen atoms in total. The Morgan fingerprint density at radius 2 is 1.81 bits per heavy atom. The van der Waals surface area contributed by atoms with Crippen LogP contribution in [0.15, 0.2) is 58.4 Å². The average molecular weight is 367 g/mol. The van der Waals surface area contributed by atoms with Crippen molar-refractivity contribution in [3.05, 3.63) is 80.9 Å². The molecule has 0 saturated heterocycles. The summed E-state index contributed by atoms with van der Waals surface area (Å²) in [5.74, 6) is -0.291. The Hall–Kier alpha value is -3.75. The predicted molar refractivity (Wildman–Crippen MR) is 97.7 cm³/mol. The van der Waals surface area contributed by atoms with Gasteiger partial charge in [-0.05, 0) is 5.56 Å². The van der Waals surface area contributed by atoms with Gasteiger partial charge in [0.05, 0.1) is 0 Å². The minimum absolute atomic E-state index is 0.0428.